The van der Waals surface area contributed by atoms with E-state index in [2.05, 4.69) is 27.9 Å². The van der Waals surface area contributed by atoms with Crippen molar-refractivity contribution in [3.8, 4) is 0 Å². The Morgan fingerprint density at radius 3 is 2.93 bits per heavy atom. The van der Waals surface area contributed by atoms with Gasteiger partial charge in [-0.2, -0.15) is 0 Å². The molecule has 2 rings (SSSR count). The van der Waals surface area contributed by atoms with Gasteiger partial charge in [0, 0.05) is 10.1 Å². The van der Waals surface area contributed by atoms with Crippen LogP contribution in [-0.2, 0) is 4.74 Å². The second-order valence-electron chi connectivity index (χ2n) is 3.28. The van der Waals surface area contributed by atoms with Crippen LogP contribution in [0.15, 0.2) is 18.2 Å². The van der Waals surface area contributed by atoms with Gasteiger partial charge >= 0.3 is 0 Å². The first kappa shape index (κ1) is 10.3. The number of rotatable bonds is 1. The van der Waals surface area contributed by atoms with Gasteiger partial charge in [0.15, 0.2) is 0 Å². The molecule has 1 fully saturated rings. The maximum absolute atomic E-state index is 13.1. The first-order chi connectivity index (χ1) is 6.75. The van der Waals surface area contributed by atoms with Gasteiger partial charge in [-0.15, -0.1) is 0 Å². The maximum Gasteiger partial charge on any atom is 0.124 e. The Bertz CT molecular complexity index is 306. The summed E-state index contributed by atoms with van der Waals surface area (Å²) in [4.78, 5) is 0. The largest absolute Gasteiger partial charge is 0.378 e. The standard InChI is InChI=1S/C10H11FINO/c11-8-3-7(4-9(12)5-8)10-6-14-2-1-13-10/h3-5,10,13H,1-2,6H2/t10-/m0/s1. The first-order valence-corrected chi connectivity index (χ1v) is 5.61. The molecule has 1 aromatic rings. The van der Waals surface area contributed by atoms with Crippen molar-refractivity contribution in [3.63, 3.8) is 0 Å². The van der Waals surface area contributed by atoms with Crippen molar-refractivity contribution < 1.29 is 9.13 Å². The zero-order valence-electron chi connectivity index (χ0n) is 7.59. The minimum absolute atomic E-state index is 0.132. The Morgan fingerprint density at radius 1 is 1.43 bits per heavy atom. The van der Waals surface area contributed by atoms with Crippen LogP contribution in [0.2, 0.25) is 0 Å². The quantitative estimate of drug-likeness (QED) is 0.802. The summed E-state index contributed by atoms with van der Waals surface area (Å²) in [5.41, 5.74) is 0.967. The Kier molecular flexibility index (Phi) is 3.35. The third kappa shape index (κ3) is 2.43. The first-order valence-electron chi connectivity index (χ1n) is 4.53. The van der Waals surface area contributed by atoms with E-state index in [-0.39, 0.29) is 11.9 Å². The van der Waals surface area contributed by atoms with Gasteiger partial charge in [-0.3, -0.25) is 0 Å². The van der Waals surface area contributed by atoms with Gasteiger partial charge in [-0.1, -0.05) is 0 Å². The van der Waals surface area contributed by atoms with Gasteiger partial charge in [0.1, 0.15) is 5.82 Å². The zero-order chi connectivity index (χ0) is 9.97. The number of benzene rings is 1. The number of nitrogens with one attached hydrogen (secondary N) is 1. The van der Waals surface area contributed by atoms with E-state index in [1.165, 1.54) is 6.07 Å². The van der Waals surface area contributed by atoms with Crippen LogP contribution in [0.5, 0.6) is 0 Å². The van der Waals surface area contributed by atoms with E-state index in [4.69, 9.17) is 4.74 Å². The monoisotopic (exact) mass is 307 g/mol. The fraction of sp³-hybridized carbons (Fsp3) is 0.400. The highest BCUT2D eigenvalue weighted by molar-refractivity contribution is 14.1. The molecule has 1 aliphatic heterocycles. The van der Waals surface area contributed by atoms with Crippen molar-refractivity contribution in [3.05, 3.63) is 33.1 Å². The Hall–Kier alpha value is -0.200. The van der Waals surface area contributed by atoms with Gasteiger partial charge in [0.25, 0.3) is 0 Å². The van der Waals surface area contributed by atoms with Crippen LogP contribution in [0.3, 0.4) is 0 Å². The minimum Gasteiger partial charge on any atom is -0.378 e. The summed E-state index contributed by atoms with van der Waals surface area (Å²) >= 11 is 2.12. The smallest absolute Gasteiger partial charge is 0.124 e. The molecule has 0 spiro atoms. The van der Waals surface area contributed by atoms with E-state index in [0.29, 0.717) is 6.61 Å². The van der Waals surface area contributed by atoms with Crippen LogP contribution in [0.1, 0.15) is 11.6 Å². The van der Waals surface area contributed by atoms with Crippen LogP contribution in [-0.4, -0.2) is 19.8 Å². The Morgan fingerprint density at radius 2 is 2.29 bits per heavy atom. The highest BCUT2D eigenvalue weighted by Gasteiger charge is 2.15. The molecule has 0 unspecified atom stereocenters. The molecule has 0 saturated carbocycles. The van der Waals surface area contributed by atoms with E-state index in [9.17, 15) is 4.39 Å². The summed E-state index contributed by atoms with van der Waals surface area (Å²) in [6.45, 7) is 2.19. The van der Waals surface area contributed by atoms with Crippen LogP contribution in [0.4, 0.5) is 4.39 Å². The number of morpholine rings is 1. The molecule has 1 atom stereocenters. The summed E-state index contributed by atoms with van der Waals surface area (Å²) in [5.74, 6) is -0.181. The molecule has 1 aromatic carbocycles. The Labute approximate surface area is 96.0 Å². The van der Waals surface area contributed by atoms with Gasteiger partial charge < -0.3 is 10.1 Å². The van der Waals surface area contributed by atoms with Crippen molar-refractivity contribution in [1.29, 1.82) is 0 Å². The molecule has 0 radical (unpaired) electrons. The lowest BCUT2D eigenvalue weighted by Crippen LogP contribution is -2.34. The highest BCUT2D eigenvalue weighted by Crippen LogP contribution is 2.19. The summed E-state index contributed by atoms with van der Waals surface area (Å²) < 4.78 is 19.4. The van der Waals surface area contributed by atoms with Gasteiger partial charge in [0.2, 0.25) is 0 Å². The number of hydrogen-bond acceptors (Lipinski definition) is 2. The average molecular weight is 307 g/mol. The van der Waals surface area contributed by atoms with Crippen LogP contribution >= 0.6 is 22.6 Å². The molecule has 1 N–H and O–H groups in total. The van der Waals surface area contributed by atoms with Crippen molar-refractivity contribution in [1.82, 2.24) is 5.32 Å². The van der Waals surface area contributed by atoms with Crippen LogP contribution in [0.25, 0.3) is 0 Å². The van der Waals surface area contributed by atoms with Crippen LogP contribution < -0.4 is 5.32 Å². The Balaban J connectivity index is 2.21. The summed E-state index contributed by atoms with van der Waals surface area (Å²) in [6, 6.07) is 5.20. The fourth-order valence-corrected chi connectivity index (χ4v) is 2.21. The molecule has 0 bridgehead atoms. The predicted octanol–water partition coefficient (Wildman–Crippen LogP) is 2.09. The number of ether oxygens (including phenoxy) is 1. The second kappa shape index (κ2) is 4.55. The molecule has 1 aliphatic rings. The van der Waals surface area contributed by atoms with Gasteiger partial charge in [-0.05, 0) is 46.4 Å². The maximum atomic E-state index is 13.1. The lowest BCUT2D eigenvalue weighted by molar-refractivity contribution is 0.0768. The lowest BCUT2D eigenvalue weighted by atomic mass is 10.1. The molecule has 1 heterocycles. The summed E-state index contributed by atoms with van der Waals surface area (Å²) in [6.07, 6.45) is 0. The van der Waals surface area contributed by atoms with Crippen molar-refractivity contribution in [2.75, 3.05) is 19.8 Å². The summed E-state index contributed by atoms with van der Waals surface area (Å²) in [5, 5.41) is 3.29. The highest BCUT2D eigenvalue weighted by atomic mass is 127. The molecule has 4 heteroatoms. The summed E-state index contributed by atoms with van der Waals surface area (Å²) in [7, 11) is 0. The molecule has 2 nitrogen and oxygen atoms in total. The molecule has 76 valence electrons. The third-order valence-corrected chi connectivity index (χ3v) is 2.83. The molecule has 0 amide bonds. The normalized spacial score (nSPS) is 22.3. The van der Waals surface area contributed by atoms with Crippen LogP contribution in [0, 0.1) is 9.39 Å². The molecule has 0 aromatic heterocycles. The predicted molar refractivity (Wildman–Crippen MR) is 60.7 cm³/mol. The SMILES string of the molecule is Fc1cc(I)cc([C@@H]2COCCN2)c1. The lowest BCUT2D eigenvalue weighted by Gasteiger charge is -2.24. The van der Waals surface area contributed by atoms with Gasteiger partial charge in [-0.25, -0.2) is 4.39 Å². The van der Waals surface area contributed by atoms with Gasteiger partial charge in [0.05, 0.1) is 19.3 Å². The minimum atomic E-state index is -0.181. The zero-order valence-corrected chi connectivity index (χ0v) is 9.75. The molecular weight excluding hydrogens is 296 g/mol. The van der Waals surface area contributed by atoms with E-state index >= 15 is 0 Å². The topological polar surface area (TPSA) is 21.3 Å². The van der Waals surface area contributed by atoms with E-state index in [0.717, 1.165) is 22.3 Å². The third-order valence-electron chi connectivity index (χ3n) is 2.21. The van der Waals surface area contributed by atoms with E-state index in [1.807, 2.05) is 6.07 Å². The van der Waals surface area contributed by atoms with Crippen molar-refractivity contribution >= 4 is 22.6 Å². The molecule has 1 saturated heterocycles. The van der Waals surface area contributed by atoms with E-state index < -0.39 is 0 Å². The molecule has 14 heavy (non-hydrogen) atoms. The fourth-order valence-electron chi connectivity index (χ4n) is 1.56. The van der Waals surface area contributed by atoms with Crippen molar-refractivity contribution in [2.45, 2.75) is 6.04 Å². The molecule has 0 aliphatic carbocycles. The number of halogens is 2. The second-order valence-corrected chi connectivity index (χ2v) is 4.53. The average Bonchev–Trinajstić information content (AvgIpc) is 2.18. The van der Waals surface area contributed by atoms with E-state index in [1.54, 1.807) is 6.07 Å². The number of hydrogen-bond donors (Lipinski definition) is 1. The molecular formula is C10H11FINO. The van der Waals surface area contributed by atoms with Crippen molar-refractivity contribution in [2.24, 2.45) is 0 Å².